The number of hydrogen-bond donors (Lipinski definition) is 1. The second-order valence-electron chi connectivity index (χ2n) is 4.24. The number of halogens is 3. The smallest absolute Gasteiger partial charge is 0.382 e. The number of alkyl halides is 3. The molecule has 1 aromatic rings. The molecule has 0 saturated carbocycles. The largest absolute Gasteiger partial charge is 0.391 e. The molecular weight excluding hydrogens is 215 g/mol. The third-order valence-corrected chi connectivity index (χ3v) is 2.17. The van der Waals surface area contributed by atoms with E-state index in [1.54, 1.807) is 0 Å². The molecule has 0 radical (unpaired) electrons. The van der Waals surface area contributed by atoms with Gasteiger partial charge in [-0.3, -0.25) is 0 Å². The average molecular weight is 231 g/mol. The van der Waals surface area contributed by atoms with Crippen LogP contribution in [0.1, 0.15) is 24.5 Å². The summed E-state index contributed by atoms with van der Waals surface area (Å²) < 4.78 is 36.4. The van der Waals surface area contributed by atoms with Crippen LogP contribution in [0.15, 0.2) is 18.2 Å². The Morgan fingerprint density at radius 2 is 1.62 bits per heavy atom. The lowest BCUT2D eigenvalue weighted by Gasteiger charge is -2.17. The summed E-state index contributed by atoms with van der Waals surface area (Å²) in [5.41, 5.74) is 2.83. The van der Waals surface area contributed by atoms with Gasteiger partial charge in [0.15, 0.2) is 0 Å². The van der Waals surface area contributed by atoms with Crippen LogP contribution in [0.3, 0.4) is 0 Å². The lowest BCUT2D eigenvalue weighted by molar-refractivity contribution is -0.136. The van der Waals surface area contributed by atoms with E-state index in [1.165, 1.54) is 6.92 Å². The van der Waals surface area contributed by atoms with E-state index < -0.39 is 18.6 Å². The molecule has 0 amide bonds. The van der Waals surface area contributed by atoms with Crippen LogP contribution in [0.25, 0.3) is 0 Å². The van der Waals surface area contributed by atoms with Gasteiger partial charge in [-0.2, -0.15) is 13.2 Å². The number of hydrogen-bond acceptors (Lipinski definition) is 1. The first-order chi connectivity index (χ1) is 7.26. The van der Waals surface area contributed by atoms with Crippen LogP contribution in [0, 0.1) is 13.8 Å². The minimum absolute atomic E-state index is 0.610. The summed E-state index contributed by atoms with van der Waals surface area (Å²) in [7, 11) is 0. The molecule has 0 saturated heterocycles. The molecule has 0 fully saturated rings. The van der Waals surface area contributed by atoms with Crippen LogP contribution in [-0.4, -0.2) is 12.2 Å². The van der Waals surface area contributed by atoms with Gasteiger partial charge in [-0.15, -0.1) is 0 Å². The molecule has 0 aliphatic rings. The predicted octanol–water partition coefficient (Wildman–Crippen LogP) is 4.06. The number of aryl methyl sites for hydroxylation is 2. The van der Waals surface area contributed by atoms with Gasteiger partial charge in [0.2, 0.25) is 0 Å². The Hall–Kier alpha value is -1.19. The summed E-state index contributed by atoms with van der Waals surface area (Å²) >= 11 is 0. The third-order valence-electron chi connectivity index (χ3n) is 2.17. The van der Waals surface area contributed by atoms with Gasteiger partial charge in [-0.1, -0.05) is 6.07 Å². The van der Waals surface area contributed by atoms with Crippen molar-refractivity contribution in [1.29, 1.82) is 0 Å². The van der Waals surface area contributed by atoms with E-state index in [4.69, 9.17) is 0 Å². The topological polar surface area (TPSA) is 12.0 Å². The first-order valence-corrected chi connectivity index (χ1v) is 5.18. The number of nitrogens with one attached hydrogen (secondary N) is 1. The van der Waals surface area contributed by atoms with Crippen LogP contribution >= 0.6 is 0 Å². The third kappa shape index (κ3) is 4.55. The molecule has 0 aliphatic carbocycles. The van der Waals surface area contributed by atoms with Crippen molar-refractivity contribution in [3.05, 3.63) is 29.3 Å². The highest BCUT2D eigenvalue weighted by molar-refractivity contribution is 5.48. The van der Waals surface area contributed by atoms with Gasteiger partial charge in [0.25, 0.3) is 0 Å². The van der Waals surface area contributed by atoms with Crippen molar-refractivity contribution >= 4 is 5.69 Å². The molecule has 1 unspecified atom stereocenters. The summed E-state index contributed by atoms with van der Waals surface area (Å²) in [5, 5.41) is 2.86. The first-order valence-electron chi connectivity index (χ1n) is 5.18. The molecule has 4 heteroatoms. The van der Waals surface area contributed by atoms with E-state index in [2.05, 4.69) is 5.32 Å². The van der Waals surface area contributed by atoms with Gasteiger partial charge in [0.05, 0.1) is 6.42 Å². The Morgan fingerprint density at radius 3 is 2.06 bits per heavy atom. The molecule has 1 N–H and O–H groups in total. The Morgan fingerprint density at radius 1 is 1.12 bits per heavy atom. The summed E-state index contributed by atoms with van der Waals surface area (Å²) in [6, 6.07) is 5.07. The Bertz CT molecular complexity index is 338. The van der Waals surface area contributed by atoms with Gasteiger partial charge >= 0.3 is 6.18 Å². The van der Waals surface area contributed by atoms with Crippen LogP contribution in [0.4, 0.5) is 18.9 Å². The maximum Gasteiger partial charge on any atom is 0.391 e. The fourth-order valence-electron chi connectivity index (χ4n) is 1.74. The van der Waals surface area contributed by atoms with E-state index in [1.807, 2.05) is 32.0 Å². The number of benzene rings is 1. The molecule has 0 spiro atoms. The van der Waals surface area contributed by atoms with Crippen molar-refractivity contribution in [2.75, 3.05) is 5.32 Å². The van der Waals surface area contributed by atoms with Crippen LogP contribution in [-0.2, 0) is 0 Å². The molecule has 1 rings (SSSR count). The zero-order valence-electron chi connectivity index (χ0n) is 9.65. The molecule has 90 valence electrons. The van der Waals surface area contributed by atoms with E-state index in [0.29, 0.717) is 0 Å². The highest BCUT2D eigenvalue weighted by Crippen LogP contribution is 2.23. The lowest BCUT2D eigenvalue weighted by Crippen LogP contribution is -2.23. The van der Waals surface area contributed by atoms with E-state index in [0.717, 1.165) is 16.8 Å². The fourth-order valence-corrected chi connectivity index (χ4v) is 1.74. The maximum absolute atomic E-state index is 12.1. The Labute approximate surface area is 93.7 Å². The second kappa shape index (κ2) is 4.76. The number of rotatable bonds is 3. The van der Waals surface area contributed by atoms with Gasteiger partial charge < -0.3 is 5.32 Å². The maximum atomic E-state index is 12.1. The monoisotopic (exact) mass is 231 g/mol. The van der Waals surface area contributed by atoms with Gasteiger partial charge in [-0.25, -0.2) is 0 Å². The van der Waals surface area contributed by atoms with Gasteiger partial charge in [-0.05, 0) is 44.0 Å². The molecule has 16 heavy (non-hydrogen) atoms. The Balaban J connectivity index is 2.66. The summed E-state index contributed by atoms with van der Waals surface area (Å²) in [4.78, 5) is 0. The summed E-state index contributed by atoms with van der Waals surface area (Å²) in [6.45, 7) is 5.38. The number of anilines is 1. The van der Waals surface area contributed by atoms with Gasteiger partial charge in [0.1, 0.15) is 0 Å². The van der Waals surface area contributed by atoms with Crippen LogP contribution < -0.4 is 5.32 Å². The zero-order chi connectivity index (χ0) is 12.3. The normalized spacial score (nSPS) is 13.6. The van der Waals surface area contributed by atoms with Crippen molar-refractivity contribution in [2.45, 2.75) is 39.4 Å². The predicted molar refractivity (Wildman–Crippen MR) is 59.7 cm³/mol. The van der Waals surface area contributed by atoms with Crippen LogP contribution in [0.2, 0.25) is 0 Å². The minimum Gasteiger partial charge on any atom is -0.382 e. The minimum atomic E-state index is -4.12. The molecule has 0 heterocycles. The molecular formula is C12H16F3N. The van der Waals surface area contributed by atoms with E-state index >= 15 is 0 Å². The van der Waals surface area contributed by atoms with Crippen molar-refractivity contribution in [3.63, 3.8) is 0 Å². The van der Waals surface area contributed by atoms with Gasteiger partial charge in [0, 0.05) is 11.7 Å². The van der Waals surface area contributed by atoms with Crippen molar-refractivity contribution in [3.8, 4) is 0 Å². The quantitative estimate of drug-likeness (QED) is 0.827. The highest BCUT2D eigenvalue weighted by atomic mass is 19.4. The fraction of sp³-hybridized carbons (Fsp3) is 0.500. The highest BCUT2D eigenvalue weighted by Gasteiger charge is 2.29. The SMILES string of the molecule is Cc1cc(C)cc(NC(C)CC(F)(F)F)c1. The second-order valence-corrected chi connectivity index (χ2v) is 4.24. The zero-order valence-corrected chi connectivity index (χ0v) is 9.65. The van der Waals surface area contributed by atoms with E-state index in [9.17, 15) is 13.2 Å². The standard InChI is InChI=1S/C12H16F3N/c1-8-4-9(2)6-11(5-8)16-10(3)7-12(13,14)15/h4-6,10,16H,7H2,1-3H3. The molecule has 1 aromatic carbocycles. The molecule has 1 atom stereocenters. The lowest BCUT2D eigenvalue weighted by atomic mass is 10.1. The first kappa shape index (κ1) is 12.9. The van der Waals surface area contributed by atoms with Crippen molar-refractivity contribution in [2.24, 2.45) is 0 Å². The molecule has 0 aromatic heterocycles. The van der Waals surface area contributed by atoms with Crippen LogP contribution in [0.5, 0.6) is 0 Å². The Kier molecular flexibility index (Phi) is 3.83. The summed E-state index contributed by atoms with van der Waals surface area (Å²) in [5.74, 6) is 0. The summed E-state index contributed by atoms with van der Waals surface area (Å²) in [6.07, 6.45) is -4.94. The molecule has 0 bridgehead atoms. The molecule has 0 aliphatic heterocycles. The average Bonchev–Trinajstić information content (AvgIpc) is 1.96. The van der Waals surface area contributed by atoms with Crippen molar-refractivity contribution in [1.82, 2.24) is 0 Å². The van der Waals surface area contributed by atoms with Crippen molar-refractivity contribution < 1.29 is 13.2 Å². The van der Waals surface area contributed by atoms with E-state index in [-0.39, 0.29) is 0 Å². The molecule has 1 nitrogen and oxygen atoms in total.